The SMILES string of the molecule is C[C@@H](C(=O)c1cccc(Cl)c1)[C@H](O)C(F)(F)F. The number of ketones is 1. The van der Waals surface area contributed by atoms with E-state index in [-0.39, 0.29) is 10.6 Å². The van der Waals surface area contributed by atoms with E-state index in [9.17, 15) is 18.0 Å². The molecule has 0 radical (unpaired) electrons. The van der Waals surface area contributed by atoms with Gasteiger partial charge >= 0.3 is 6.18 Å². The zero-order chi connectivity index (χ0) is 13.2. The molecule has 17 heavy (non-hydrogen) atoms. The van der Waals surface area contributed by atoms with E-state index in [2.05, 4.69) is 0 Å². The van der Waals surface area contributed by atoms with Crippen LogP contribution in [0.25, 0.3) is 0 Å². The number of alkyl halides is 3. The summed E-state index contributed by atoms with van der Waals surface area (Å²) < 4.78 is 36.7. The molecule has 1 N–H and O–H groups in total. The van der Waals surface area contributed by atoms with E-state index in [1.807, 2.05) is 0 Å². The third kappa shape index (κ3) is 3.44. The Labute approximate surface area is 101 Å². The lowest BCUT2D eigenvalue weighted by Crippen LogP contribution is -2.38. The molecule has 2 nitrogen and oxygen atoms in total. The van der Waals surface area contributed by atoms with Crippen molar-refractivity contribution >= 4 is 17.4 Å². The molecule has 94 valence electrons. The van der Waals surface area contributed by atoms with Crippen LogP contribution in [0.5, 0.6) is 0 Å². The van der Waals surface area contributed by atoms with Gasteiger partial charge < -0.3 is 5.11 Å². The summed E-state index contributed by atoms with van der Waals surface area (Å²) in [6.45, 7) is 1.03. The lowest BCUT2D eigenvalue weighted by Gasteiger charge is -2.20. The summed E-state index contributed by atoms with van der Waals surface area (Å²) in [5.74, 6) is -2.36. The quantitative estimate of drug-likeness (QED) is 0.854. The number of aliphatic hydroxyl groups excluding tert-OH is 1. The van der Waals surface area contributed by atoms with Crippen molar-refractivity contribution in [3.63, 3.8) is 0 Å². The van der Waals surface area contributed by atoms with E-state index in [0.29, 0.717) is 0 Å². The van der Waals surface area contributed by atoms with Gasteiger partial charge in [0.05, 0.1) is 5.92 Å². The lowest BCUT2D eigenvalue weighted by atomic mass is 9.94. The number of halogens is 4. The molecule has 0 spiro atoms. The smallest absolute Gasteiger partial charge is 0.383 e. The number of benzene rings is 1. The molecule has 0 aliphatic rings. The number of carbonyl (C=O) groups is 1. The van der Waals surface area contributed by atoms with Crippen molar-refractivity contribution in [1.82, 2.24) is 0 Å². The van der Waals surface area contributed by atoms with Crippen LogP contribution in [0.3, 0.4) is 0 Å². The van der Waals surface area contributed by atoms with Gasteiger partial charge in [0.2, 0.25) is 0 Å². The average Bonchev–Trinajstić information content (AvgIpc) is 2.25. The first-order valence-electron chi connectivity index (χ1n) is 4.78. The number of rotatable bonds is 3. The zero-order valence-electron chi connectivity index (χ0n) is 8.83. The average molecular weight is 267 g/mol. The highest BCUT2D eigenvalue weighted by molar-refractivity contribution is 6.31. The summed E-state index contributed by atoms with van der Waals surface area (Å²) in [5, 5.41) is 9.23. The zero-order valence-corrected chi connectivity index (χ0v) is 9.59. The van der Waals surface area contributed by atoms with Gasteiger partial charge in [-0.05, 0) is 12.1 Å². The molecular weight excluding hydrogens is 257 g/mol. The number of Topliss-reactive ketones (excluding diaryl/α,β-unsaturated/α-hetero) is 1. The van der Waals surface area contributed by atoms with Crippen LogP contribution in [0.1, 0.15) is 17.3 Å². The number of hydrogen-bond acceptors (Lipinski definition) is 2. The van der Waals surface area contributed by atoms with Crippen molar-refractivity contribution in [1.29, 1.82) is 0 Å². The fraction of sp³-hybridized carbons (Fsp3) is 0.364. The molecular formula is C11H10ClF3O2. The van der Waals surface area contributed by atoms with E-state index >= 15 is 0 Å². The second-order valence-corrected chi connectivity index (χ2v) is 4.09. The van der Waals surface area contributed by atoms with Gasteiger partial charge in [-0.1, -0.05) is 30.7 Å². The minimum Gasteiger partial charge on any atom is -0.383 e. The Bertz CT molecular complexity index is 417. The van der Waals surface area contributed by atoms with Crippen LogP contribution in [0.4, 0.5) is 13.2 Å². The van der Waals surface area contributed by atoms with Crippen LogP contribution in [0, 0.1) is 5.92 Å². The van der Waals surface area contributed by atoms with Crippen molar-refractivity contribution in [2.75, 3.05) is 0 Å². The summed E-state index contributed by atoms with van der Waals surface area (Å²) >= 11 is 5.63. The molecule has 0 saturated carbocycles. The van der Waals surface area contributed by atoms with Gasteiger partial charge in [-0.2, -0.15) is 13.2 Å². The van der Waals surface area contributed by atoms with E-state index in [4.69, 9.17) is 16.7 Å². The fourth-order valence-electron chi connectivity index (χ4n) is 1.33. The molecule has 1 rings (SSSR count). The second-order valence-electron chi connectivity index (χ2n) is 3.65. The van der Waals surface area contributed by atoms with Crippen LogP contribution < -0.4 is 0 Å². The normalized spacial score (nSPS) is 15.4. The van der Waals surface area contributed by atoms with Crippen molar-refractivity contribution in [3.8, 4) is 0 Å². The van der Waals surface area contributed by atoms with E-state index in [0.717, 1.165) is 6.92 Å². The van der Waals surface area contributed by atoms with Crippen molar-refractivity contribution in [2.24, 2.45) is 5.92 Å². The van der Waals surface area contributed by atoms with Gasteiger partial charge in [-0.15, -0.1) is 0 Å². The molecule has 0 fully saturated rings. The first-order chi connectivity index (χ1) is 7.73. The monoisotopic (exact) mass is 266 g/mol. The summed E-state index contributed by atoms with van der Waals surface area (Å²) in [7, 11) is 0. The fourth-order valence-corrected chi connectivity index (χ4v) is 1.52. The summed E-state index contributed by atoms with van der Waals surface area (Å²) in [4.78, 5) is 11.7. The maximum Gasteiger partial charge on any atom is 0.415 e. The van der Waals surface area contributed by atoms with Crippen molar-refractivity contribution in [2.45, 2.75) is 19.2 Å². The van der Waals surface area contributed by atoms with Gasteiger partial charge in [0, 0.05) is 10.6 Å². The molecule has 0 unspecified atom stereocenters. The second kappa shape index (κ2) is 5.06. The topological polar surface area (TPSA) is 37.3 Å². The Morgan fingerprint density at radius 2 is 2.00 bits per heavy atom. The van der Waals surface area contributed by atoms with E-state index in [1.165, 1.54) is 24.3 Å². The number of hydrogen-bond donors (Lipinski definition) is 1. The summed E-state index contributed by atoms with van der Waals surface area (Å²) in [5.41, 5.74) is 0.0494. The number of aliphatic hydroxyl groups is 1. The van der Waals surface area contributed by atoms with E-state index in [1.54, 1.807) is 0 Å². The van der Waals surface area contributed by atoms with Gasteiger partial charge in [0.25, 0.3) is 0 Å². The third-order valence-electron chi connectivity index (χ3n) is 2.33. The van der Waals surface area contributed by atoms with Crippen molar-refractivity contribution in [3.05, 3.63) is 34.9 Å². The Morgan fingerprint density at radius 1 is 1.41 bits per heavy atom. The predicted octanol–water partition coefficient (Wildman–Crippen LogP) is 3.08. The minimum absolute atomic E-state index is 0.0494. The molecule has 2 atom stereocenters. The highest BCUT2D eigenvalue weighted by Crippen LogP contribution is 2.27. The Balaban J connectivity index is 2.91. The van der Waals surface area contributed by atoms with Crippen LogP contribution in [-0.4, -0.2) is 23.2 Å². The highest BCUT2D eigenvalue weighted by Gasteiger charge is 2.44. The summed E-state index contributed by atoms with van der Waals surface area (Å²) in [6, 6.07) is 5.59. The highest BCUT2D eigenvalue weighted by atomic mass is 35.5. The molecule has 0 aliphatic heterocycles. The minimum atomic E-state index is -4.81. The van der Waals surface area contributed by atoms with Gasteiger partial charge in [-0.25, -0.2) is 0 Å². The molecule has 0 amide bonds. The van der Waals surface area contributed by atoms with Crippen LogP contribution in [0.15, 0.2) is 24.3 Å². The Hall–Kier alpha value is -1.07. The molecule has 0 heterocycles. The molecule has 0 aromatic heterocycles. The Kier molecular flexibility index (Phi) is 4.16. The first-order valence-corrected chi connectivity index (χ1v) is 5.16. The maximum absolute atomic E-state index is 12.2. The molecule has 1 aromatic rings. The van der Waals surface area contributed by atoms with Crippen LogP contribution in [0.2, 0.25) is 5.02 Å². The van der Waals surface area contributed by atoms with Gasteiger partial charge in [-0.3, -0.25) is 4.79 Å². The lowest BCUT2D eigenvalue weighted by molar-refractivity contribution is -0.212. The largest absolute Gasteiger partial charge is 0.415 e. The van der Waals surface area contributed by atoms with Gasteiger partial charge in [0.15, 0.2) is 11.9 Å². The summed E-state index contributed by atoms with van der Waals surface area (Å²) in [6.07, 6.45) is -7.48. The molecule has 0 saturated heterocycles. The van der Waals surface area contributed by atoms with Crippen LogP contribution in [-0.2, 0) is 0 Å². The van der Waals surface area contributed by atoms with Crippen molar-refractivity contribution < 1.29 is 23.1 Å². The first kappa shape index (κ1) is 14.0. The Morgan fingerprint density at radius 3 is 2.47 bits per heavy atom. The third-order valence-corrected chi connectivity index (χ3v) is 2.57. The predicted molar refractivity (Wildman–Crippen MR) is 57.0 cm³/mol. The molecule has 1 aromatic carbocycles. The molecule has 0 bridgehead atoms. The van der Waals surface area contributed by atoms with Crippen LogP contribution >= 0.6 is 11.6 Å². The molecule has 0 aliphatic carbocycles. The van der Waals surface area contributed by atoms with E-state index < -0.39 is 24.0 Å². The molecule has 6 heteroatoms. The standard InChI is InChI=1S/C11H10ClF3O2/c1-6(10(17)11(13,14)15)9(16)7-3-2-4-8(12)5-7/h2-6,10,17H,1H3/t6-,10-/m0/s1. The maximum atomic E-state index is 12.2. The number of carbonyl (C=O) groups excluding carboxylic acids is 1. The van der Waals surface area contributed by atoms with Gasteiger partial charge in [0.1, 0.15) is 0 Å².